The van der Waals surface area contributed by atoms with Gasteiger partial charge in [0.1, 0.15) is 5.82 Å². The van der Waals surface area contributed by atoms with Crippen LogP contribution in [0.1, 0.15) is 18.5 Å². The van der Waals surface area contributed by atoms with E-state index in [-0.39, 0.29) is 11.8 Å². The van der Waals surface area contributed by atoms with E-state index in [0.29, 0.717) is 5.82 Å². The first kappa shape index (κ1) is 12.8. The highest BCUT2D eigenvalue weighted by atomic mass is 16.1. The number of hydrogen-bond acceptors (Lipinski definition) is 4. The molecule has 0 aromatic carbocycles. The van der Waals surface area contributed by atoms with E-state index in [1.165, 1.54) is 0 Å². The van der Waals surface area contributed by atoms with Crippen LogP contribution in [0.4, 0.5) is 5.82 Å². The Hall–Kier alpha value is -1.62. The second-order valence-electron chi connectivity index (χ2n) is 4.74. The normalized spacial score (nSPS) is 20.6. The number of pyridine rings is 1. The molecule has 5 nitrogen and oxygen atoms in total. The molecule has 1 aromatic heterocycles. The second-order valence-corrected chi connectivity index (χ2v) is 4.74. The molecule has 1 aliphatic rings. The summed E-state index contributed by atoms with van der Waals surface area (Å²) in [5, 5.41) is 2.73. The van der Waals surface area contributed by atoms with Crippen LogP contribution in [0.25, 0.3) is 0 Å². The van der Waals surface area contributed by atoms with Gasteiger partial charge in [-0.15, -0.1) is 0 Å². The van der Waals surface area contributed by atoms with Crippen LogP contribution < -0.4 is 11.1 Å². The summed E-state index contributed by atoms with van der Waals surface area (Å²) in [5.41, 5.74) is 6.63. The molecule has 0 aliphatic carbocycles. The van der Waals surface area contributed by atoms with E-state index >= 15 is 0 Å². The molecule has 1 saturated heterocycles. The Morgan fingerprint density at radius 3 is 3.17 bits per heavy atom. The number of likely N-dealkylation sites (tertiary alicyclic amines) is 1. The van der Waals surface area contributed by atoms with Crippen molar-refractivity contribution < 1.29 is 4.79 Å². The number of piperidine rings is 1. The molecule has 1 atom stereocenters. The molecule has 1 fully saturated rings. The lowest BCUT2D eigenvalue weighted by Gasteiger charge is -2.31. The molecule has 0 saturated carbocycles. The van der Waals surface area contributed by atoms with Gasteiger partial charge in [-0.2, -0.15) is 0 Å². The largest absolute Gasteiger partial charge is 0.384 e. The van der Waals surface area contributed by atoms with Gasteiger partial charge in [0.25, 0.3) is 0 Å². The molecule has 98 valence electrons. The number of nitrogens with two attached hydrogens (primary N) is 1. The van der Waals surface area contributed by atoms with Crippen molar-refractivity contribution >= 4 is 11.7 Å². The summed E-state index contributed by atoms with van der Waals surface area (Å²) in [7, 11) is 1.70. The molecule has 0 spiro atoms. The van der Waals surface area contributed by atoms with Gasteiger partial charge in [0.2, 0.25) is 5.91 Å². The fourth-order valence-electron chi connectivity index (χ4n) is 2.43. The van der Waals surface area contributed by atoms with Crippen molar-refractivity contribution in [2.75, 3.05) is 25.9 Å². The van der Waals surface area contributed by atoms with Crippen LogP contribution in [0, 0.1) is 5.92 Å². The van der Waals surface area contributed by atoms with Crippen LogP contribution in [-0.2, 0) is 11.3 Å². The maximum absolute atomic E-state index is 11.6. The summed E-state index contributed by atoms with van der Waals surface area (Å²) in [6, 6.07) is 5.67. The van der Waals surface area contributed by atoms with Crippen molar-refractivity contribution in [2.45, 2.75) is 19.4 Å². The first-order chi connectivity index (χ1) is 8.69. The molecule has 0 radical (unpaired) electrons. The second kappa shape index (κ2) is 5.82. The van der Waals surface area contributed by atoms with E-state index in [9.17, 15) is 4.79 Å². The maximum Gasteiger partial charge on any atom is 0.224 e. The van der Waals surface area contributed by atoms with Crippen LogP contribution in [0.15, 0.2) is 18.2 Å². The molecule has 3 N–H and O–H groups in total. The number of amides is 1. The Kier molecular flexibility index (Phi) is 4.15. The van der Waals surface area contributed by atoms with Gasteiger partial charge in [0, 0.05) is 20.1 Å². The lowest BCUT2D eigenvalue weighted by atomic mass is 9.97. The number of anilines is 1. The summed E-state index contributed by atoms with van der Waals surface area (Å²) in [5.74, 6) is 0.789. The van der Waals surface area contributed by atoms with E-state index < -0.39 is 0 Å². The van der Waals surface area contributed by atoms with Crippen molar-refractivity contribution in [3.05, 3.63) is 23.9 Å². The Bertz CT molecular complexity index is 421. The van der Waals surface area contributed by atoms with Gasteiger partial charge in [-0.05, 0) is 31.5 Å². The SMILES string of the molecule is CNC(=O)C1CCCN(Cc2cccc(N)n2)C1. The fourth-order valence-corrected chi connectivity index (χ4v) is 2.43. The molecule has 1 aliphatic heterocycles. The average Bonchev–Trinajstić information content (AvgIpc) is 2.38. The minimum absolute atomic E-state index is 0.102. The van der Waals surface area contributed by atoms with E-state index in [2.05, 4.69) is 15.2 Å². The Morgan fingerprint density at radius 1 is 1.61 bits per heavy atom. The summed E-state index contributed by atoms with van der Waals surface area (Å²) in [6.45, 7) is 2.58. The lowest BCUT2D eigenvalue weighted by molar-refractivity contribution is -0.126. The van der Waals surface area contributed by atoms with Gasteiger partial charge >= 0.3 is 0 Å². The Labute approximate surface area is 107 Å². The van der Waals surface area contributed by atoms with Crippen LogP contribution in [0.5, 0.6) is 0 Å². The number of carbonyl (C=O) groups is 1. The molecule has 1 amide bonds. The van der Waals surface area contributed by atoms with Gasteiger partial charge in [0.05, 0.1) is 11.6 Å². The van der Waals surface area contributed by atoms with Crippen molar-refractivity contribution in [2.24, 2.45) is 5.92 Å². The highest BCUT2D eigenvalue weighted by molar-refractivity contribution is 5.78. The summed E-state index contributed by atoms with van der Waals surface area (Å²) in [4.78, 5) is 18.2. The van der Waals surface area contributed by atoms with Gasteiger partial charge in [-0.25, -0.2) is 4.98 Å². The molecule has 2 heterocycles. The fraction of sp³-hybridized carbons (Fsp3) is 0.538. The van der Waals surface area contributed by atoms with Gasteiger partial charge in [0.15, 0.2) is 0 Å². The van der Waals surface area contributed by atoms with E-state index in [4.69, 9.17) is 5.73 Å². The van der Waals surface area contributed by atoms with Crippen molar-refractivity contribution in [3.63, 3.8) is 0 Å². The van der Waals surface area contributed by atoms with Crippen LogP contribution >= 0.6 is 0 Å². The third-order valence-corrected chi connectivity index (χ3v) is 3.34. The smallest absolute Gasteiger partial charge is 0.224 e. The van der Waals surface area contributed by atoms with Crippen LogP contribution in [0.2, 0.25) is 0 Å². The highest BCUT2D eigenvalue weighted by Crippen LogP contribution is 2.18. The number of nitrogen functional groups attached to an aromatic ring is 1. The highest BCUT2D eigenvalue weighted by Gasteiger charge is 2.25. The number of rotatable bonds is 3. The maximum atomic E-state index is 11.6. The zero-order valence-electron chi connectivity index (χ0n) is 10.7. The molecule has 2 rings (SSSR count). The molecule has 18 heavy (non-hydrogen) atoms. The van der Waals surface area contributed by atoms with Crippen LogP contribution in [-0.4, -0.2) is 35.9 Å². The summed E-state index contributed by atoms with van der Waals surface area (Å²) in [6.07, 6.45) is 2.03. The van der Waals surface area contributed by atoms with E-state index in [0.717, 1.165) is 38.2 Å². The molecule has 5 heteroatoms. The van der Waals surface area contributed by atoms with Crippen molar-refractivity contribution in [1.82, 2.24) is 15.2 Å². The van der Waals surface area contributed by atoms with E-state index in [1.54, 1.807) is 13.1 Å². The number of nitrogens with one attached hydrogen (secondary N) is 1. The van der Waals surface area contributed by atoms with E-state index in [1.807, 2.05) is 12.1 Å². The quantitative estimate of drug-likeness (QED) is 0.822. The zero-order valence-corrected chi connectivity index (χ0v) is 10.7. The average molecular weight is 248 g/mol. The first-order valence-electron chi connectivity index (χ1n) is 6.34. The van der Waals surface area contributed by atoms with Gasteiger partial charge in [-0.3, -0.25) is 9.69 Å². The zero-order chi connectivity index (χ0) is 13.0. The predicted molar refractivity (Wildman–Crippen MR) is 70.7 cm³/mol. The van der Waals surface area contributed by atoms with Crippen molar-refractivity contribution in [1.29, 1.82) is 0 Å². The molecular formula is C13H20N4O. The molecule has 0 bridgehead atoms. The number of nitrogens with zero attached hydrogens (tertiary/aromatic N) is 2. The third-order valence-electron chi connectivity index (χ3n) is 3.34. The predicted octanol–water partition coefficient (Wildman–Crippen LogP) is 0.622. The molecule has 1 unspecified atom stereocenters. The minimum Gasteiger partial charge on any atom is -0.384 e. The summed E-state index contributed by atoms with van der Waals surface area (Å²) < 4.78 is 0. The van der Waals surface area contributed by atoms with Gasteiger partial charge in [-0.1, -0.05) is 6.07 Å². The minimum atomic E-state index is 0.102. The number of aromatic nitrogens is 1. The monoisotopic (exact) mass is 248 g/mol. The Morgan fingerprint density at radius 2 is 2.44 bits per heavy atom. The third kappa shape index (κ3) is 3.20. The molecular weight excluding hydrogens is 228 g/mol. The standard InChI is InChI=1S/C13H20N4O/c1-15-13(18)10-4-3-7-17(8-10)9-11-5-2-6-12(14)16-11/h2,5-6,10H,3-4,7-9H2,1H3,(H2,14,16)(H,15,18). The van der Waals surface area contributed by atoms with Crippen molar-refractivity contribution in [3.8, 4) is 0 Å². The number of carbonyl (C=O) groups excluding carboxylic acids is 1. The number of hydrogen-bond donors (Lipinski definition) is 2. The Balaban J connectivity index is 1.95. The molecule has 1 aromatic rings. The van der Waals surface area contributed by atoms with Gasteiger partial charge < -0.3 is 11.1 Å². The summed E-state index contributed by atoms with van der Waals surface area (Å²) >= 11 is 0. The lowest BCUT2D eigenvalue weighted by Crippen LogP contribution is -2.41. The first-order valence-corrected chi connectivity index (χ1v) is 6.34. The topological polar surface area (TPSA) is 71.2 Å². The van der Waals surface area contributed by atoms with Crippen LogP contribution in [0.3, 0.4) is 0 Å².